The monoisotopic (exact) mass is 277 g/mol. The van der Waals surface area contributed by atoms with E-state index in [-0.39, 0.29) is 0 Å². The molecule has 0 saturated carbocycles. The first kappa shape index (κ1) is 13.4. The number of para-hydroxylation sites is 2. The minimum Gasteiger partial charge on any atom is -0.388 e. The Kier molecular flexibility index (Phi) is 3.76. The molecule has 100 valence electrons. The van der Waals surface area contributed by atoms with E-state index in [1.54, 1.807) is 12.1 Å². The van der Waals surface area contributed by atoms with E-state index < -0.39 is 10.1 Å². The number of rotatable bonds is 4. The molecule has 5 heteroatoms. The summed E-state index contributed by atoms with van der Waals surface area (Å²) >= 11 is 0. The third-order valence-electron chi connectivity index (χ3n) is 2.61. The van der Waals surface area contributed by atoms with Gasteiger partial charge in [0.1, 0.15) is 5.75 Å². The lowest BCUT2D eigenvalue weighted by Crippen LogP contribution is -2.06. The van der Waals surface area contributed by atoms with Crippen LogP contribution in [0.4, 0.5) is 5.69 Å². The summed E-state index contributed by atoms with van der Waals surface area (Å²) in [5.41, 5.74) is 2.54. The van der Waals surface area contributed by atoms with Crippen molar-refractivity contribution < 1.29 is 12.6 Å². The molecule has 0 aromatic heterocycles. The highest BCUT2D eigenvalue weighted by Gasteiger charge is 2.12. The van der Waals surface area contributed by atoms with Crippen molar-refractivity contribution in [3.63, 3.8) is 0 Å². The van der Waals surface area contributed by atoms with Gasteiger partial charge in [0.05, 0.1) is 6.26 Å². The van der Waals surface area contributed by atoms with Gasteiger partial charge in [0.25, 0.3) is 0 Å². The first-order valence-electron chi connectivity index (χ1n) is 5.77. The van der Waals surface area contributed by atoms with Crippen LogP contribution in [-0.4, -0.2) is 21.7 Å². The van der Waals surface area contributed by atoms with E-state index in [1.165, 1.54) is 0 Å². The summed E-state index contributed by atoms with van der Waals surface area (Å²) in [4.78, 5) is 0. The summed E-state index contributed by atoms with van der Waals surface area (Å²) in [6.45, 7) is 0. The second kappa shape index (κ2) is 5.32. The van der Waals surface area contributed by atoms with Gasteiger partial charge in [0.15, 0.2) is 0 Å². The van der Waals surface area contributed by atoms with Crippen LogP contribution >= 0.6 is 0 Å². The van der Waals surface area contributed by atoms with Gasteiger partial charge in [0.2, 0.25) is 0 Å². The zero-order valence-corrected chi connectivity index (χ0v) is 11.6. The van der Waals surface area contributed by atoms with Crippen molar-refractivity contribution in [1.29, 1.82) is 0 Å². The molecule has 0 aliphatic heterocycles. The Morgan fingerprint density at radius 1 is 0.947 bits per heavy atom. The van der Waals surface area contributed by atoms with Crippen molar-refractivity contribution in [2.24, 2.45) is 0 Å². The quantitative estimate of drug-likeness (QED) is 0.873. The molecule has 0 bridgehead atoms. The molecule has 0 saturated heterocycles. The maximum atomic E-state index is 11.3. The number of anilines is 1. The van der Waals surface area contributed by atoms with Crippen LogP contribution in [0.1, 0.15) is 0 Å². The summed E-state index contributed by atoms with van der Waals surface area (Å²) in [7, 11) is -1.73. The number of benzene rings is 2. The van der Waals surface area contributed by atoms with Crippen LogP contribution in [0.5, 0.6) is 5.75 Å². The molecular weight excluding hydrogens is 262 g/mol. The minimum absolute atomic E-state index is 0.327. The zero-order chi connectivity index (χ0) is 13.9. The number of hydrogen-bond donors (Lipinski definition) is 1. The predicted octanol–water partition coefficient (Wildman–Crippen LogP) is 2.73. The van der Waals surface area contributed by atoms with Gasteiger partial charge in [-0.3, -0.25) is 0 Å². The topological polar surface area (TPSA) is 55.4 Å². The molecule has 2 rings (SSSR count). The molecule has 0 atom stereocenters. The fraction of sp³-hybridized carbons (Fsp3) is 0.143. The first-order chi connectivity index (χ1) is 9.01. The summed E-state index contributed by atoms with van der Waals surface area (Å²) in [6, 6.07) is 14.7. The molecular formula is C14H15NO3S. The maximum Gasteiger partial charge on any atom is 0.306 e. The van der Waals surface area contributed by atoms with Gasteiger partial charge >= 0.3 is 10.1 Å². The van der Waals surface area contributed by atoms with Gasteiger partial charge in [-0.2, -0.15) is 8.42 Å². The van der Waals surface area contributed by atoms with Crippen LogP contribution in [0, 0.1) is 0 Å². The average Bonchev–Trinajstić information content (AvgIpc) is 2.37. The summed E-state index contributed by atoms with van der Waals surface area (Å²) < 4.78 is 27.6. The van der Waals surface area contributed by atoms with Crippen LogP contribution in [-0.2, 0) is 10.1 Å². The molecule has 1 N–H and O–H groups in total. The maximum absolute atomic E-state index is 11.3. The van der Waals surface area contributed by atoms with Gasteiger partial charge in [-0.15, -0.1) is 0 Å². The molecule has 0 unspecified atom stereocenters. The molecule has 0 aliphatic rings. The van der Waals surface area contributed by atoms with Gasteiger partial charge in [-0.1, -0.05) is 36.4 Å². The SMILES string of the molecule is CNc1ccccc1-c1ccccc1OS(C)(=O)=O. The van der Waals surface area contributed by atoms with E-state index in [0.29, 0.717) is 5.75 Å². The molecule has 2 aromatic carbocycles. The van der Waals surface area contributed by atoms with Crippen LogP contribution < -0.4 is 9.50 Å². The molecule has 0 amide bonds. The molecule has 0 radical (unpaired) electrons. The van der Waals surface area contributed by atoms with Crippen molar-refractivity contribution in [3.05, 3.63) is 48.5 Å². The van der Waals surface area contributed by atoms with Crippen LogP contribution in [0.3, 0.4) is 0 Å². The smallest absolute Gasteiger partial charge is 0.306 e. The van der Waals surface area contributed by atoms with Crippen molar-refractivity contribution in [1.82, 2.24) is 0 Å². The fourth-order valence-electron chi connectivity index (χ4n) is 1.86. The van der Waals surface area contributed by atoms with E-state index in [2.05, 4.69) is 5.32 Å². The lowest BCUT2D eigenvalue weighted by Gasteiger charge is -2.13. The molecule has 0 spiro atoms. The third-order valence-corrected chi connectivity index (χ3v) is 3.10. The van der Waals surface area contributed by atoms with Gasteiger partial charge < -0.3 is 9.50 Å². The summed E-state index contributed by atoms with van der Waals surface area (Å²) in [5.74, 6) is 0.327. The largest absolute Gasteiger partial charge is 0.388 e. The van der Waals surface area contributed by atoms with Gasteiger partial charge in [0, 0.05) is 23.9 Å². The Morgan fingerprint density at radius 2 is 1.53 bits per heavy atom. The highest BCUT2D eigenvalue weighted by Crippen LogP contribution is 2.35. The van der Waals surface area contributed by atoms with E-state index in [1.807, 2.05) is 43.4 Å². The third kappa shape index (κ3) is 3.26. The first-order valence-corrected chi connectivity index (χ1v) is 7.58. The van der Waals surface area contributed by atoms with E-state index in [0.717, 1.165) is 23.1 Å². The van der Waals surface area contributed by atoms with E-state index in [4.69, 9.17) is 4.18 Å². The van der Waals surface area contributed by atoms with Crippen LogP contribution in [0.25, 0.3) is 11.1 Å². The average molecular weight is 277 g/mol. The van der Waals surface area contributed by atoms with E-state index >= 15 is 0 Å². The second-order valence-corrected chi connectivity index (χ2v) is 5.65. The Bertz CT molecular complexity index is 681. The highest BCUT2D eigenvalue weighted by atomic mass is 32.2. The highest BCUT2D eigenvalue weighted by molar-refractivity contribution is 7.86. The summed E-state index contributed by atoms with van der Waals surface area (Å²) in [5, 5.41) is 3.08. The van der Waals surface area contributed by atoms with E-state index in [9.17, 15) is 8.42 Å². The van der Waals surface area contributed by atoms with Crippen molar-refractivity contribution >= 4 is 15.8 Å². The Hall–Kier alpha value is -2.01. The second-order valence-electron chi connectivity index (χ2n) is 4.08. The normalized spacial score (nSPS) is 11.1. The Morgan fingerprint density at radius 3 is 2.16 bits per heavy atom. The summed E-state index contributed by atoms with van der Waals surface area (Å²) in [6.07, 6.45) is 1.04. The van der Waals surface area contributed by atoms with Crippen LogP contribution in [0.2, 0.25) is 0 Å². The lowest BCUT2D eigenvalue weighted by molar-refractivity contribution is 0.494. The molecule has 19 heavy (non-hydrogen) atoms. The Labute approximate surface area is 113 Å². The predicted molar refractivity (Wildman–Crippen MR) is 76.9 cm³/mol. The van der Waals surface area contributed by atoms with Crippen molar-refractivity contribution in [3.8, 4) is 16.9 Å². The standard InChI is InChI=1S/C14H15NO3S/c1-15-13-9-5-3-7-11(13)12-8-4-6-10-14(12)18-19(2,16)17/h3-10,15H,1-2H3. The van der Waals surface area contributed by atoms with Crippen molar-refractivity contribution in [2.75, 3.05) is 18.6 Å². The minimum atomic E-state index is -3.55. The van der Waals surface area contributed by atoms with Gasteiger partial charge in [-0.05, 0) is 12.1 Å². The fourth-order valence-corrected chi connectivity index (χ4v) is 2.33. The molecule has 0 heterocycles. The Balaban J connectivity index is 2.56. The molecule has 4 nitrogen and oxygen atoms in total. The lowest BCUT2D eigenvalue weighted by atomic mass is 10.0. The number of nitrogens with one attached hydrogen (secondary N) is 1. The van der Waals surface area contributed by atoms with Gasteiger partial charge in [-0.25, -0.2) is 0 Å². The molecule has 0 fully saturated rings. The number of hydrogen-bond acceptors (Lipinski definition) is 4. The molecule has 0 aliphatic carbocycles. The van der Waals surface area contributed by atoms with Crippen LogP contribution in [0.15, 0.2) is 48.5 Å². The zero-order valence-electron chi connectivity index (χ0n) is 10.8. The molecule has 2 aromatic rings. The van der Waals surface area contributed by atoms with Crippen molar-refractivity contribution in [2.45, 2.75) is 0 Å².